The molecule has 0 bridgehead atoms. The third kappa shape index (κ3) is 3.61. The van der Waals surface area contributed by atoms with Crippen molar-refractivity contribution in [2.24, 2.45) is 0 Å². The Kier molecular flexibility index (Phi) is 4.63. The van der Waals surface area contributed by atoms with Gasteiger partial charge in [0.1, 0.15) is 0 Å². The summed E-state index contributed by atoms with van der Waals surface area (Å²) in [5.41, 5.74) is 5.10. The summed E-state index contributed by atoms with van der Waals surface area (Å²) in [7, 11) is 2.12. The maximum atomic E-state index is 5.13. The van der Waals surface area contributed by atoms with Crippen LogP contribution in [0.3, 0.4) is 0 Å². The van der Waals surface area contributed by atoms with Gasteiger partial charge in [0, 0.05) is 31.4 Å². The van der Waals surface area contributed by atoms with Gasteiger partial charge in [-0.05, 0) is 31.2 Å². The van der Waals surface area contributed by atoms with E-state index in [-0.39, 0.29) is 0 Å². The lowest BCUT2D eigenvalue weighted by molar-refractivity contribution is 0.563. The molecule has 0 radical (unpaired) electrons. The van der Waals surface area contributed by atoms with Crippen LogP contribution in [0.25, 0.3) is 0 Å². The van der Waals surface area contributed by atoms with E-state index in [4.69, 9.17) is 4.42 Å². The fraction of sp³-hybridized carbons (Fsp3) is 0.375. The first-order valence-corrected chi connectivity index (χ1v) is 6.73. The predicted octanol–water partition coefficient (Wildman–Crippen LogP) is 3.33. The number of rotatable bonds is 6. The number of hydrogen-bond donors (Lipinski definition) is 1. The molecule has 1 N–H and O–H groups in total. The lowest BCUT2D eigenvalue weighted by Crippen LogP contribution is -2.20. The minimum Gasteiger partial charge on any atom is -0.472 e. The highest BCUT2D eigenvalue weighted by atomic mass is 16.3. The van der Waals surface area contributed by atoms with Crippen LogP contribution in [0.5, 0.6) is 0 Å². The zero-order valence-corrected chi connectivity index (χ0v) is 11.9. The fourth-order valence-electron chi connectivity index (χ4n) is 2.23. The summed E-state index contributed by atoms with van der Waals surface area (Å²) in [4.78, 5) is 2.26. The van der Waals surface area contributed by atoms with E-state index in [0.29, 0.717) is 0 Å². The van der Waals surface area contributed by atoms with Crippen LogP contribution in [0.4, 0.5) is 5.69 Å². The molecule has 0 amide bonds. The van der Waals surface area contributed by atoms with Crippen LogP contribution in [-0.4, -0.2) is 13.6 Å². The molecule has 19 heavy (non-hydrogen) atoms. The second kappa shape index (κ2) is 6.43. The Labute approximate surface area is 115 Å². The maximum absolute atomic E-state index is 5.13. The molecule has 0 spiro atoms. The topological polar surface area (TPSA) is 28.4 Å². The van der Waals surface area contributed by atoms with Crippen molar-refractivity contribution in [2.45, 2.75) is 26.9 Å². The normalized spacial score (nSPS) is 10.7. The molecule has 0 aliphatic carbocycles. The van der Waals surface area contributed by atoms with Gasteiger partial charge < -0.3 is 14.6 Å². The molecule has 2 rings (SSSR count). The maximum Gasteiger partial charge on any atom is 0.0952 e. The van der Waals surface area contributed by atoms with Crippen molar-refractivity contribution in [1.29, 1.82) is 0 Å². The van der Waals surface area contributed by atoms with Gasteiger partial charge in [-0.3, -0.25) is 0 Å². The minimum atomic E-state index is 0.860. The molecule has 0 saturated heterocycles. The summed E-state index contributed by atoms with van der Waals surface area (Å²) >= 11 is 0. The van der Waals surface area contributed by atoms with Crippen molar-refractivity contribution in [3.8, 4) is 0 Å². The molecule has 0 atom stereocenters. The number of benzene rings is 1. The van der Waals surface area contributed by atoms with E-state index in [1.54, 1.807) is 12.5 Å². The van der Waals surface area contributed by atoms with Gasteiger partial charge in [-0.15, -0.1) is 0 Å². The van der Waals surface area contributed by atoms with Crippen molar-refractivity contribution in [3.63, 3.8) is 0 Å². The van der Waals surface area contributed by atoms with Crippen LogP contribution in [0.15, 0.2) is 41.2 Å². The van der Waals surface area contributed by atoms with E-state index in [0.717, 1.165) is 19.6 Å². The summed E-state index contributed by atoms with van der Waals surface area (Å²) in [5.74, 6) is 0. The molecule has 102 valence electrons. The van der Waals surface area contributed by atoms with Crippen LogP contribution in [0.2, 0.25) is 0 Å². The fourth-order valence-corrected chi connectivity index (χ4v) is 2.23. The van der Waals surface area contributed by atoms with Crippen molar-refractivity contribution in [2.75, 3.05) is 18.5 Å². The number of aryl methyl sites for hydroxylation is 1. The second-order valence-corrected chi connectivity index (χ2v) is 4.90. The van der Waals surface area contributed by atoms with Gasteiger partial charge in [-0.1, -0.05) is 24.6 Å². The highest BCUT2D eigenvalue weighted by Crippen LogP contribution is 2.22. The van der Waals surface area contributed by atoms with E-state index in [2.05, 4.69) is 49.3 Å². The third-order valence-electron chi connectivity index (χ3n) is 3.21. The Morgan fingerprint density at radius 3 is 2.79 bits per heavy atom. The molecule has 3 nitrogen and oxygen atoms in total. The molecule has 0 aliphatic heterocycles. The summed E-state index contributed by atoms with van der Waals surface area (Å²) in [6.07, 6.45) is 3.52. The highest BCUT2D eigenvalue weighted by molar-refractivity contribution is 5.54. The Balaban J connectivity index is 2.17. The Morgan fingerprint density at radius 1 is 1.26 bits per heavy atom. The van der Waals surface area contributed by atoms with Gasteiger partial charge in [-0.25, -0.2) is 0 Å². The third-order valence-corrected chi connectivity index (χ3v) is 3.21. The van der Waals surface area contributed by atoms with E-state index in [1.807, 2.05) is 6.07 Å². The summed E-state index contributed by atoms with van der Waals surface area (Å²) in [5, 5.41) is 3.40. The quantitative estimate of drug-likeness (QED) is 0.861. The molecule has 1 aromatic heterocycles. The van der Waals surface area contributed by atoms with E-state index >= 15 is 0 Å². The first-order valence-electron chi connectivity index (χ1n) is 6.73. The molecule has 1 heterocycles. The first kappa shape index (κ1) is 13.7. The minimum absolute atomic E-state index is 0.860. The highest BCUT2D eigenvalue weighted by Gasteiger charge is 2.08. The number of anilines is 1. The zero-order valence-electron chi connectivity index (χ0n) is 11.9. The van der Waals surface area contributed by atoms with Gasteiger partial charge in [0.15, 0.2) is 0 Å². The monoisotopic (exact) mass is 258 g/mol. The molecule has 1 aromatic carbocycles. The number of hydrogen-bond acceptors (Lipinski definition) is 3. The molecule has 0 saturated carbocycles. The van der Waals surface area contributed by atoms with Crippen molar-refractivity contribution >= 4 is 5.69 Å². The molecule has 0 unspecified atom stereocenters. The predicted molar refractivity (Wildman–Crippen MR) is 79.4 cm³/mol. The number of nitrogens with zero attached hydrogens (tertiary/aromatic N) is 1. The Bertz CT molecular complexity index is 505. The average molecular weight is 258 g/mol. The van der Waals surface area contributed by atoms with Crippen LogP contribution < -0.4 is 10.2 Å². The van der Waals surface area contributed by atoms with Crippen molar-refractivity contribution in [3.05, 3.63) is 53.5 Å². The smallest absolute Gasteiger partial charge is 0.0952 e. The van der Waals surface area contributed by atoms with Crippen LogP contribution >= 0.6 is 0 Å². The first-order chi connectivity index (χ1) is 9.20. The number of nitrogens with one attached hydrogen (secondary N) is 1. The lowest BCUT2D eigenvalue weighted by atomic mass is 10.1. The van der Waals surface area contributed by atoms with Crippen LogP contribution in [0, 0.1) is 6.92 Å². The molecular formula is C16H22N2O. The standard InChI is InChI=1S/C16H22N2O/c1-4-17-10-15-9-13(2)5-6-16(15)18(3)11-14-7-8-19-12-14/h5-9,12,17H,4,10-11H2,1-3H3. The van der Waals surface area contributed by atoms with Gasteiger partial charge in [0.25, 0.3) is 0 Å². The van der Waals surface area contributed by atoms with Crippen LogP contribution in [-0.2, 0) is 13.1 Å². The summed E-state index contributed by atoms with van der Waals surface area (Å²) in [6, 6.07) is 8.62. The SMILES string of the molecule is CCNCc1cc(C)ccc1N(C)Cc1ccoc1. The zero-order chi connectivity index (χ0) is 13.7. The molecule has 3 heteroatoms. The van der Waals surface area contributed by atoms with Gasteiger partial charge in [0.05, 0.1) is 12.5 Å². The van der Waals surface area contributed by atoms with Crippen LogP contribution in [0.1, 0.15) is 23.6 Å². The largest absolute Gasteiger partial charge is 0.472 e. The van der Waals surface area contributed by atoms with Crippen molar-refractivity contribution < 1.29 is 4.42 Å². The Morgan fingerprint density at radius 2 is 2.11 bits per heavy atom. The Hall–Kier alpha value is -1.74. The molecule has 2 aromatic rings. The van der Waals surface area contributed by atoms with E-state index < -0.39 is 0 Å². The lowest BCUT2D eigenvalue weighted by Gasteiger charge is -2.22. The summed E-state index contributed by atoms with van der Waals surface area (Å²) < 4.78 is 5.13. The van der Waals surface area contributed by atoms with E-state index in [9.17, 15) is 0 Å². The van der Waals surface area contributed by atoms with Gasteiger partial charge >= 0.3 is 0 Å². The molecule has 0 fully saturated rings. The van der Waals surface area contributed by atoms with Gasteiger partial charge in [0.2, 0.25) is 0 Å². The average Bonchev–Trinajstić information content (AvgIpc) is 2.89. The van der Waals surface area contributed by atoms with E-state index in [1.165, 1.54) is 22.4 Å². The van der Waals surface area contributed by atoms with Gasteiger partial charge in [-0.2, -0.15) is 0 Å². The number of furan rings is 1. The van der Waals surface area contributed by atoms with Crippen molar-refractivity contribution in [1.82, 2.24) is 5.32 Å². The molecular weight excluding hydrogens is 236 g/mol. The molecule has 0 aliphatic rings. The second-order valence-electron chi connectivity index (χ2n) is 4.90. The summed E-state index contributed by atoms with van der Waals surface area (Å²) in [6.45, 7) is 7.01.